The van der Waals surface area contributed by atoms with Gasteiger partial charge < -0.3 is 10.6 Å². The highest BCUT2D eigenvalue weighted by Gasteiger charge is 2.33. The van der Waals surface area contributed by atoms with Gasteiger partial charge in [0.05, 0.1) is 17.7 Å². The molecule has 0 aliphatic carbocycles. The van der Waals surface area contributed by atoms with Crippen LogP contribution in [0.15, 0.2) is 48.5 Å². The van der Waals surface area contributed by atoms with Crippen molar-refractivity contribution in [1.29, 1.82) is 0 Å². The van der Waals surface area contributed by atoms with Crippen LogP contribution in [-0.4, -0.2) is 29.8 Å². The summed E-state index contributed by atoms with van der Waals surface area (Å²) in [5, 5.41) is 12.6. The highest BCUT2D eigenvalue weighted by Crippen LogP contribution is 2.36. The average Bonchev–Trinajstić information content (AvgIpc) is 3.31. The molecular weight excluding hydrogens is 440 g/mol. The van der Waals surface area contributed by atoms with E-state index in [2.05, 4.69) is 21.3 Å². The van der Waals surface area contributed by atoms with E-state index < -0.39 is 29.8 Å². The Morgan fingerprint density at radius 2 is 1.76 bits per heavy atom. The van der Waals surface area contributed by atoms with Crippen molar-refractivity contribution < 1.29 is 19.2 Å². The maximum atomic E-state index is 13.0. The lowest BCUT2D eigenvalue weighted by Gasteiger charge is -2.15. The Labute approximate surface area is 194 Å². The molecule has 1 fully saturated rings. The van der Waals surface area contributed by atoms with Crippen LogP contribution in [0.5, 0.6) is 0 Å². The minimum atomic E-state index is -0.930. The molecule has 0 bridgehead atoms. The third kappa shape index (κ3) is 4.88. The molecule has 1 unspecified atom stereocenters. The van der Waals surface area contributed by atoms with E-state index in [0.717, 1.165) is 15.6 Å². The van der Waals surface area contributed by atoms with Crippen LogP contribution in [0.2, 0.25) is 0 Å². The molecule has 4 N–H and O–H groups in total. The number of hydrogen-bond acceptors (Lipinski definition) is 5. The van der Waals surface area contributed by atoms with Crippen molar-refractivity contribution in [3.8, 4) is 0 Å². The Bertz CT molecular complexity index is 1270. The molecule has 5 amide bonds. The molecule has 1 aliphatic rings. The summed E-state index contributed by atoms with van der Waals surface area (Å²) in [6.45, 7) is 6.01. The third-order valence-electron chi connectivity index (χ3n) is 5.25. The van der Waals surface area contributed by atoms with Crippen LogP contribution in [0.25, 0.3) is 10.8 Å². The first-order valence-corrected chi connectivity index (χ1v) is 11.3. The molecule has 1 atom stereocenters. The molecular formula is C24H24N4O4S. The number of hydrogen-bond donors (Lipinski definition) is 4. The summed E-state index contributed by atoms with van der Waals surface area (Å²) in [5.41, 5.74) is 0.627. The Hall–Kier alpha value is -3.72. The second-order valence-corrected chi connectivity index (χ2v) is 9.90. The molecule has 0 saturated carbocycles. The summed E-state index contributed by atoms with van der Waals surface area (Å²) in [4.78, 5) is 50.0. The van der Waals surface area contributed by atoms with Crippen LogP contribution in [0.3, 0.4) is 0 Å². The largest absolute Gasteiger partial charge is 0.340 e. The summed E-state index contributed by atoms with van der Waals surface area (Å²) < 4.78 is 0. The Morgan fingerprint density at radius 1 is 1.03 bits per heavy atom. The number of benzene rings is 2. The maximum absolute atomic E-state index is 13.0. The zero-order valence-corrected chi connectivity index (χ0v) is 19.3. The predicted molar refractivity (Wildman–Crippen MR) is 129 cm³/mol. The smallest absolute Gasteiger partial charge is 0.324 e. The van der Waals surface area contributed by atoms with Gasteiger partial charge >= 0.3 is 6.03 Å². The Balaban J connectivity index is 1.57. The molecule has 8 nitrogen and oxygen atoms in total. The molecule has 0 spiro atoms. The zero-order valence-electron chi connectivity index (χ0n) is 18.4. The number of amides is 5. The molecule has 1 aliphatic heterocycles. The lowest BCUT2D eigenvalue weighted by atomic mass is 9.94. The number of nitrogens with one attached hydrogen (secondary N) is 4. The van der Waals surface area contributed by atoms with Crippen molar-refractivity contribution >= 4 is 56.6 Å². The van der Waals surface area contributed by atoms with Gasteiger partial charge in [-0.2, -0.15) is 0 Å². The van der Waals surface area contributed by atoms with E-state index in [9.17, 15) is 19.2 Å². The van der Waals surface area contributed by atoms with Crippen molar-refractivity contribution in [1.82, 2.24) is 10.6 Å². The average molecular weight is 465 g/mol. The molecule has 3 aromatic rings. The fourth-order valence-corrected chi connectivity index (χ4v) is 4.63. The van der Waals surface area contributed by atoms with Crippen molar-refractivity contribution in [2.45, 2.75) is 38.6 Å². The second kappa shape index (κ2) is 8.67. The quantitative estimate of drug-likeness (QED) is 0.437. The van der Waals surface area contributed by atoms with E-state index in [1.165, 1.54) is 11.3 Å². The number of carbonyl (C=O) groups is 4. The molecule has 170 valence electrons. The van der Waals surface area contributed by atoms with Crippen molar-refractivity contribution in [3.05, 3.63) is 59.0 Å². The molecule has 4 rings (SSSR count). The lowest BCUT2D eigenvalue weighted by molar-refractivity contribution is -0.125. The van der Waals surface area contributed by atoms with E-state index in [-0.39, 0.29) is 17.4 Å². The minimum absolute atomic E-state index is 0.106. The van der Waals surface area contributed by atoms with E-state index in [4.69, 9.17) is 0 Å². The van der Waals surface area contributed by atoms with Gasteiger partial charge in [-0.3, -0.25) is 25.0 Å². The third-order valence-corrected chi connectivity index (χ3v) is 6.73. The van der Waals surface area contributed by atoms with Crippen molar-refractivity contribution in [2.24, 2.45) is 0 Å². The van der Waals surface area contributed by atoms with Crippen LogP contribution in [0, 0.1) is 0 Å². The van der Waals surface area contributed by atoms with Gasteiger partial charge in [-0.25, -0.2) is 4.79 Å². The maximum Gasteiger partial charge on any atom is 0.324 e. The number of fused-ring (bicyclic) bond motifs is 1. The highest BCUT2D eigenvalue weighted by molar-refractivity contribution is 7.16. The zero-order chi connectivity index (χ0) is 23.8. The van der Waals surface area contributed by atoms with Crippen LogP contribution in [-0.2, 0) is 15.0 Å². The van der Waals surface area contributed by atoms with Crippen LogP contribution >= 0.6 is 11.3 Å². The predicted octanol–water partition coefficient (Wildman–Crippen LogP) is 3.99. The van der Waals surface area contributed by atoms with E-state index in [1.807, 2.05) is 57.2 Å². The van der Waals surface area contributed by atoms with Gasteiger partial charge in [0.15, 0.2) is 0 Å². The number of rotatable bonds is 4. The van der Waals surface area contributed by atoms with Crippen LogP contribution < -0.4 is 21.3 Å². The molecule has 2 aromatic carbocycles. The number of imide groups is 1. The number of urea groups is 1. The van der Waals surface area contributed by atoms with Gasteiger partial charge in [-0.1, -0.05) is 57.2 Å². The Kier molecular flexibility index (Phi) is 5.90. The first-order chi connectivity index (χ1) is 15.6. The molecule has 1 saturated heterocycles. The molecule has 33 heavy (non-hydrogen) atoms. The summed E-state index contributed by atoms with van der Waals surface area (Å²) in [5.74, 6) is -1.50. The van der Waals surface area contributed by atoms with Gasteiger partial charge in [0.25, 0.3) is 5.91 Å². The van der Waals surface area contributed by atoms with Crippen LogP contribution in [0.1, 0.15) is 42.4 Å². The molecule has 9 heteroatoms. The first kappa shape index (κ1) is 22.5. The topological polar surface area (TPSA) is 116 Å². The van der Waals surface area contributed by atoms with Gasteiger partial charge in [0, 0.05) is 10.3 Å². The second-order valence-electron chi connectivity index (χ2n) is 8.85. The molecule has 1 aromatic heterocycles. The van der Waals surface area contributed by atoms with E-state index >= 15 is 0 Å². The van der Waals surface area contributed by atoms with Gasteiger partial charge in [0.2, 0.25) is 11.8 Å². The van der Waals surface area contributed by atoms with E-state index in [0.29, 0.717) is 10.7 Å². The van der Waals surface area contributed by atoms with Gasteiger partial charge in [0.1, 0.15) is 11.0 Å². The Morgan fingerprint density at radius 3 is 2.45 bits per heavy atom. The summed E-state index contributed by atoms with van der Waals surface area (Å²) >= 11 is 1.30. The monoisotopic (exact) mass is 464 g/mol. The van der Waals surface area contributed by atoms with E-state index in [1.54, 1.807) is 12.1 Å². The minimum Gasteiger partial charge on any atom is -0.340 e. The first-order valence-electron chi connectivity index (χ1n) is 10.5. The standard InChI is InChI=1S/C24H24N4O4S/c1-24(2,3)18-11-15(20(30)25-17-12-19(29)27-21(17)31)22(33-18)28-23(32)26-16-10-6-8-13-7-4-5-9-14(13)16/h4-11,17H,12H2,1-3H3,(H,25,30)(H2,26,28,32)(H,27,29,31). The fourth-order valence-electron chi connectivity index (χ4n) is 3.52. The summed E-state index contributed by atoms with van der Waals surface area (Å²) in [6, 6.07) is 13.6. The fraction of sp³-hybridized carbons (Fsp3) is 0.250. The molecule has 0 radical (unpaired) electrons. The SMILES string of the molecule is CC(C)(C)c1cc(C(=O)NC2CC(=O)NC2=O)c(NC(=O)Nc2cccc3ccccc23)s1. The highest BCUT2D eigenvalue weighted by atomic mass is 32.1. The lowest BCUT2D eigenvalue weighted by Crippen LogP contribution is -2.40. The van der Waals surface area contributed by atoms with Crippen LogP contribution in [0.4, 0.5) is 15.5 Å². The van der Waals surface area contributed by atoms with Crippen molar-refractivity contribution in [2.75, 3.05) is 10.6 Å². The normalized spacial score (nSPS) is 15.9. The number of carbonyl (C=O) groups excluding carboxylic acids is 4. The van der Waals surface area contributed by atoms with Gasteiger partial charge in [-0.05, 0) is 22.9 Å². The number of thiophene rings is 1. The van der Waals surface area contributed by atoms with Crippen molar-refractivity contribution in [3.63, 3.8) is 0 Å². The summed E-state index contributed by atoms with van der Waals surface area (Å²) in [7, 11) is 0. The summed E-state index contributed by atoms with van der Waals surface area (Å²) in [6.07, 6.45) is -0.106. The van der Waals surface area contributed by atoms with Gasteiger partial charge in [-0.15, -0.1) is 11.3 Å². The number of anilines is 2. The molecule has 2 heterocycles.